The highest BCUT2D eigenvalue weighted by Crippen LogP contribution is 2.27. The second-order valence-corrected chi connectivity index (χ2v) is 5.04. The summed E-state index contributed by atoms with van der Waals surface area (Å²) < 4.78 is 1.39. The number of aryl methyl sites for hydroxylation is 2. The van der Waals surface area contributed by atoms with Gasteiger partial charge in [0.2, 0.25) is 0 Å². The Kier molecular flexibility index (Phi) is 3.53. The molecule has 19 heavy (non-hydrogen) atoms. The van der Waals surface area contributed by atoms with Crippen LogP contribution in [0.2, 0.25) is 0 Å². The number of nitro benzene ring substituents is 1. The first-order chi connectivity index (χ1) is 8.90. The number of aromatic nitrogens is 3. The molecule has 1 unspecified atom stereocenters. The molecule has 1 aromatic carbocycles. The van der Waals surface area contributed by atoms with Crippen molar-refractivity contribution >= 4 is 17.3 Å². The van der Waals surface area contributed by atoms with E-state index in [9.17, 15) is 10.1 Å². The van der Waals surface area contributed by atoms with Crippen LogP contribution in [0, 0.1) is 24.0 Å². The van der Waals surface area contributed by atoms with E-state index < -0.39 is 4.92 Å². The molecule has 1 heterocycles. The lowest BCUT2D eigenvalue weighted by Crippen LogP contribution is -2.02. The predicted octanol–water partition coefficient (Wildman–Crippen LogP) is 3.09. The smallest absolute Gasteiger partial charge is 0.258 e. The van der Waals surface area contributed by atoms with Gasteiger partial charge in [0.15, 0.2) is 0 Å². The summed E-state index contributed by atoms with van der Waals surface area (Å²) in [6.07, 6.45) is 1.61. The Labute approximate surface area is 115 Å². The molecule has 0 N–H and O–H groups in total. The van der Waals surface area contributed by atoms with Gasteiger partial charge in [-0.15, -0.1) is 16.7 Å². The standard InChI is InChI=1S/C12H13ClN4O2/c1-7-4-11(12(17(18)19)5-8(7)2)16-6-10(9(3)13)14-15-16/h4-6,9H,1-3H3. The fourth-order valence-corrected chi connectivity index (χ4v) is 1.79. The van der Waals surface area contributed by atoms with E-state index in [1.54, 1.807) is 19.2 Å². The third-order valence-electron chi connectivity index (χ3n) is 2.95. The monoisotopic (exact) mass is 280 g/mol. The second kappa shape index (κ2) is 4.97. The SMILES string of the molecule is Cc1cc(-n2cc(C(C)Cl)nn2)c([N+](=O)[O-])cc1C. The summed E-state index contributed by atoms with van der Waals surface area (Å²) in [6, 6.07) is 3.26. The van der Waals surface area contributed by atoms with Crippen LogP contribution in [0.5, 0.6) is 0 Å². The van der Waals surface area contributed by atoms with E-state index in [1.165, 1.54) is 10.7 Å². The van der Waals surface area contributed by atoms with Gasteiger partial charge in [0.1, 0.15) is 11.4 Å². The van der Waals surface area contributed by atoms with Gasteiger partial charge in [0, 0.05) is 6.07 Å². The van der Waals surface area contributed by atoms with Gasteiger partial charge in [0.25, 0.3) is 5.69 Å². The molecule has 0 saturated heterocycles. The number of benzene rings is 1. The maximum Gasteiger partial charge on any atom is 0.295 e. The van der Waals surface area contributed by atoms with Gasteiger partial charge in [-0.2, -0.15) is 0 Å². The molecule has 7 heteroatoms. The van der Waals surface area contributed by atoms with Crippen LogP contribution in [-0.4, -0.2) is 19.9 Å². The van der Waals surface area contributed by atoms with E-state index >= 15 is 0 Å². The van der Waals surface area contributed by atoms with Crippen molar-refractivity contribution in [3.05, 3.63) is 45.3 Å². The van der Waals surface area contributed by atoms with Crippen LogP contribution in [0.3, 0.4) is 0 Å². The highest BCUT2D eigenvalue weighted by Gasteiger charge is 2.19. The molecule has 0 saturated carbocycles. The number of halogens is 1. The van der Waals surface area contributed by atoms with Gasteiger partial charge in [-0.1, -0.05) is 5.21 Å². The lowest BCUT2D eigenvalue weighted by molar-refractivity contribution is -0.384. The van der Waals surface area contributed by atoms with Crippen molar-refractivity contribution in [2.75, 3.05) is 0 Å². The minimum Gasteiger partial charge on any atom is -0.258 e. The zero-order valence-corrected chi connectivity index (χ0v) is 11.5. The number of rotatable bonds is 3. The van der Waals surface area contributed by atoms with E-state index in [2.05, 4.69) is 10.3 Å². The van der Waals surface area contributed by atoms with E-state index in [4.69, 9.17) is 11.6 Å². The van der Waals surface area contributed by atoms with Gasteiger partial charge in [-0.05, 0) is 38.0 Å². The molecule has 0 bridgehead atoms. The van der Waals surface area contributed by atoms with Crippen LogP contribution in [0.4, 0.5) is 5.69 Å². The molecule has 100 valence electrons. The molecule has 1 aromatic heterocycles. The summed E-state index contributed by atoms with van der Waals surface area (Å²) in [5.41, 5.74) is 2.79. The molecule has 6 nitrogen and oxygen atoms in total. The lowest BCUT2D eigenvalue weighted by atomic mass is 10.1. The third-order valence-corrected chi connectivity index (χ3v) is 3.18. The summed E-state index contributed by atoms with van der Waals surface area (Å²) in [5, 5.41) is 18.6. The van der Waals surface area contributed by atoms with Crippen molar-refractivity contribution in [3.63, 3.8) is 0 Å². The van der Waals surface area contributed by atoms with Crippen molar-refractivity contribution in [2.45, 2.75) is 26.1 Å². The Bertz CT molecular complexity index is 637. The Balaban J connectivity index is 2.59. The molecule has 0 spiro atoms. The molecule has 0 radical (unpaired) electrons. The van der Waals surface area contributed by atoms with Crippen LogP contribution < -0.4 is 0 Å². The zero-order valence-electron chi connectivity index (χ0n) is 10.8. The normalized spacial score (nSPS) is 12.4. The van der Waals surface area contributed by atoms with Crippen LogP contribution in [0.25, 0.3) is 5.69 Å². The first-order valence-corrected chi connectivity index (χ1v) is 6.16. The minimum absolute atomic E-state index is 0.00164. The minimum atomic E-state index is -0.423. The molecule has 0 aliphatic carbocycles. The Morgan fingerprint density at radius 1 is 1.37 bits per heavy atom. The van der Waals surface area contributed by atoms with Gasteiger partial charge in [-0.25, -0.2) is 4.68 Å². The third kappa shape index (κ3) is 2.58. The van der Waals surface area contributed by atoms with E-state index in [0.29, 0.717) is 11.4 Å². The molecule has 0 fully saturated rings. The second-order valence-electron chi connectivity index (χ2n) is 4.39. The van der Waals surface area contributed by atoms with Crippen LogP contribution >= 0.6 is 11.6 Å². The maximum absolute atomic E-state index is 11.1. The topological polar surface area (TPSA) is 73.8 Å². The van der Waals surface area contributed by atoms with Crippen molar-refractivity contribution in [3.8, 4) is 5.69 Å². The fourth-order valence-electron chi connectivity index (χ4n) is 1.69. The van der Waals surface area contributed by atoms with E-state index in [-0.39, 0.29) is 11.1 Å². The molecule has 2 rings (SSSR count). The van der Waals surface area contributed by atoms with Crippen LogP contribution in [0.15, 0.2) is 18.3 Å². The average Bonchev–Trinajstić information content (AvgIpc) is 2.81. The summed E-state index contributed by atoms with van der Waals surface area (Å²) in [7, 11) is 0. The fraction of sp³-hybridized carbons (Fsp3) is 0.333. The van der Waals surface area contributed by atoms with Crippen molar-refractivity contribution in [1.29, 1.82) is 0 Å². The molecular weight excluding hydrogens is 268 g/mol. The lowest BCUT2D eigenvalue weighted by Gasteiger charge is -2.06. The summed E-state index contributed by atoms with van der Waals surface area (Å²) >= 11 is 5.91. The van der Waals surface area contributed by atoms with Gasteiger partial charge >= 0.3 is 0 Å². The van der Waals surface area contributed by atoms with Gasteiger partial charge < -0.3 is 0 Å². The quantitative estimate of drug-likeness (QED) is 0.492. The molecule has 0 aliphatic heterocycles. The molecular formula is C12H13ClN4O2. The van der Waals surface area contributed by atoms with Gasteiger partial charge in [0.05, 0.1) is 16.5 Å². The Morgan fingerprint density at radius 2 is 2.00 bits per heavy atom. The maximum atomic E-state index is 11.1. The summed E-state index contributed by atoms with van der Waals surface area (Å²) in [5.74, 6) is 0. The molecule has 2 aromatic rings. The Hall–Kier alpha value is -1.95. The van der Waals surface area contributed by atoms with Crippen molar-refractivity contribution in [1.82, 2.24) is 15.0 Å². The zero-order chi connectivity index (χ0) is 14.2. The predicted molar refractivity (Wildman–Crippen MR) is 71.8 cm³/mol. The van der Waals surface area contributed by atoms with Gasteiger partial charge in [-0.3, -0.25) is 10.1 Å². The average molecular weight is 281 g/mol. The van der Waals surface area contributed by atoms with Crippen molar-refractivity contribution in [2.24, 2.45) is 0 Å². The molecule has 0 amide bonds. The summed E-state index contributed by atoms with van der Waals surface area (Å²) in [4.78, 5) is 10.7. The van der Waals surface area contributed by atoms with Crippen LogP contribution in [0.1, 0.15) is 29.1 Å². The Morgan fingerprint density at radius 3 is 2.53 bits per heavy atom. The van der Waals surface area contributed by atoms with Crippen LogP contribution in [-0.2, 0) is 0 Å². The number of hydrogen-bond donors (Lipinski definition) is 0. The first kappa shape index (κ1) is 13.5. The number of nitro groups is 1. The molecule has 0 aliphatic rings. The number of hydrogen-bond acceptors (Lipinski definition) is 4. The number of alkyl halides is 1. The van der Waals surface area contributed by atoms with E-state index in [1.807, 2.05) is 13.8 Å². The largest absolute Gasteiger partial charge is 0.295 e. The summed E-state index contributed by atoms with van der Waals surface area (Å²) in [6.45, 7) is 5.50. The molecule has 1 atom stereocenters. The highest BCUT2D eigenvalue weighted by atomic mass is 35.5. The first-order valence-electron chi connectivity index (χ1n) is 5.72. The number of nitrogens with zero attached hydrogens (tertiary/aromatic N) is 4. The van der Waals surface area contributed by atoms with Crippen molar-refractivity contribution < 1.29 is 4.92 Å². The van der Waals surface area contributed by atoms with E-state index in [0.717, 1.165) is 11.1 Å². The highest BCUT2D eigenvalue weighted by molar-refractivity contribution is 6.20.